The van der Waals surface area contributed by atoms with Gasteiger partial charge in [-0.1, -0.05) is 42.5 Å². The summed E-state index contributed by atoms with van der Waals surface area (Å²) in [7, 11) is 2.13. The summed E-state index contributed by atoms with van der Waals surface area (Å²) in [6.07, 6.45) is 3.10. The van der Waals surface area contributed by atoms with E-state index in [4.69, 9.17) is 4.98 Å². The zero-order valence-electron chi connectivity index (χ0n) is 21.9. The van der Waals surface area contributed by atoms with Crippen molar-refractivity contribution in [2.75, 3.05) is 45.1 Å². The lowest BCUT2D eigenvalue weighted by molar-refractivity contribution is 0.155. The van der Waals surface area contributed by atoms with Crippen molar-refractivity contribution in [2.24, 2.45) is 0 Å². The van der Waals surface area contributed by atoms with Gasteiger partial charge < -0.3 is 15.1 Å². The number of anilines is 2. The van der Waals surface area contributed by atoms with Crippen molar-refractivity contribution in [3.8, 4) is 11.3 Å². The van der Waals surface area contributed by atoms with Gasteiger partial charge in [-0.2, -0.15) is 0 Å². The molecule has 0 radical (unpaired) electrons. The van der Waals surface area contributed by atoms with E-state index in [1.807, 2.05) is 42.6 Å². The summed E-state index contributed by atoms with van der Waals surface area (Å²) in [6.45, 7) is 4.95. The molecule has 0 bridgehead atoms. The Labute approximate surface area is 234 Å². The molecule has 0 saturated carbocycles. The maximum atomic E-state index is 14.7. The number of rotatable bonds is 6. The van der Waals surface area contributed by atoms with Crippen LogP contribution in [0.5, 0.6) is 0 Å². The van der Waals surface area contributed by atoms with E-state index in [0.717, 1.165) is 60.8 Å². The third kappa shape index (κ3) is 5.81. The summed E-state index contributed by atoms with van der Waals surface area (Å²) < 4.78 is 29.3. The Morgan fingerprint density at radius 2 is 1.64 bits per heavy atom. The van der Waals surface area contributed by atoms with Crippen LogP contribution in [0.3, 0.4) is 0 Å². The van der Waals surface area contributed by atoms with E-state index in [1.165, 1.54) is 12.1 Å². The Morgan fingerprint density at radius 1 is 0.897 bits per heavy atom. The van der Waals surface area contributed by atoms with Crippen molar-refractivity contribution in [3.63, 3.8) is 0 Å². The first-order valence-electron chi connectivity index (χ1n) is 13.2. The molecule has 5 nitrogen and oxygen atoms in total. The van der Waals surface area contributed by atoms with E-state index in [0.29, 0.717) is 29.9 Å². The Morgan fingerprint density at radius 3 is 2.44 bits per heavy atom. The number of hydrogen-bond donors (Lipinski definition) is 1. The Kier molecular flexibility index (Phi) is 8.21. The summed E-state index contributed by atoms with van der Waals surface area (Å²) in [5.41, 5.74) is 6.00. The number of benzene rings is 3. The number of likely N-dealkylation sites (N-methyl/N-ethyl adjacent to an activating group) is 1. The first-order chi connectivity index (χ1) is 18.5. The number of aromatic nitrogens is 2. The quantitative estimate of drug-likeness (QED) is 0.318. The fraction of sp³-hybridized carbons (Fsp3) is 0.290. The third-order valence-corrected chi connectivity index (χ3v) is 7.76. The number of halogens is 3. The Hall–Kier alpha value is -3.39. The van der Waals surface area contributed by atoms with Gasteiger partial charge in [-0.3, -0.25) is 0 Å². The van der Waals surface area contributed by atoms with Gasteiger partial charge in [0.2, 0.25) is 5.95 Å². The molecule has 4 aromatic rings. The van der Waals surface area contributed by atoms with Gasteiger partial charge in [0.15, 0.2) is 0 Å². The highest BCUT2D eigenvalue weighted by Crippen LogP contribution is 2.42. The largest absolute Gasteiger partial charge is 0.324 e. The highest BCUT2D eigenvalue weighted by atomic mass is 35.5. The zero-order chi connectivity index (χ0) is 26.1. The second kappa shape index (κ2) is 11.8. The molecule has 0 amide bonds. The van der Waals surface area contributed by atoms with Crippen LogP contribution in [0.25, 0.3) is 11.3 Å². The molecule has 0 unspecified atom stereocenters. The first kappa shape index (κ1) is 27.2. The molecular weight excluding hydrogens is 516 g/mol. The molecule has 1 aliphatic carbocycles. The molecule has 3 aromatic carbocycles. The molecule has 1 saturated heterocycles. The van der Waals surface area contributed by atoms with Gasteiger partial charge in [-0.05, 0) is 66.4 Å². The number of fused-ring (bicyclic) bond motifs is 3. The monoisotopic (exact) mass is 547 g/mol. The highest BCUT2D eigenvalue weighted by Gasteiger charge is 2.29. The van der Waals surface area contributed by atoms with E-state index < -0.39 is 0 Å². The predicted octanol–water partition coefficient (Wildman–Crippen LogP) is 6.07. The highest BCUT2D eigenvalue weighted by molar-refractivity contribution is 5.85. The molecule has 8 heteroatoms. The van der Waals surface area contributed by atoms with Crippen LogP contribution in [-0.2, 0) is 12.8 Å². The normalized spacial score (nSPS) is 17.2. The lowest BCUT2D eigenvalue weighted by atomic mass is 9.78. The minimum absolute atomic E-state index is 0. The fourth-order valence-electron chi connectivity index (χ4n) is 5.55. The van der Waals surface area contributed by atoms with Crippen LogP contribution < -0.4 is 5.32 Å². The van der Waals surface area contributed by atoms with Crippen LogP contribution in [0.4, 0.5) is 20.4 Å². The number of nitrogens with zero attached hydrogens (tertiary/aromatic N) is 4. The summed E-state index contributed by atoms with van der Waals surface area (Å²) in [6, 6.07) is 20.1. The third-order valence-electron chi connectivity index (χ3n) is 7.76. The van der Waals surface area contributed by atoms with Crippen LogP contribution in [0.1, 0.15) is 28.2 Å². The lowest BCUT2D eigenvalue weighted by Gasteiger charge is -2.32. The van der Waals surface area contributed by atoms with Crippen molar-refractivity contribution >= 4 is 24.0 Å². The molecule has 2 aliphatic rings. The molecule has 2 heterocycles. The van der Waals surface area contributed by atoms with Crippen molar-refractivity contribution in [2.45, 2.75) is 18.8 Å². The molecule has 39 heavy (non-hydrogen) atoms. The molecule has 6 rings (SSSR count). The lowest BCUT2D eigenvalue weighted by Crippen LogP contribution is -2.45. The molecule has 202 valence electrons. The Bertz CT molecular complexity index is 1450. The molecule has 1 aromatic heterocycles. The molecular formula is C31H32ClF2N5. The zero-order valence-corrected chi connectivity index (χ0v) is 22.7. The van der Waals surface area contributed by atoms with Crippen molar-refractivity contribution in [3.05, 3.63) is 107 Å². The van der Waals surface area contributed by atoms with Crippen LogP contribution in [-0.4, -0.2) is 59.5 Å². The minimum atomic E-state index is -0.199. The number of hydrogen-bond acceptors (Lipinski definition) is 5. The number of piperazine rings is 1. The molecule has 0 spiro atoms. The van der Waals surface area contributed by atoms with Crippen LogP contribution in [0.2, 0.25) is 0 Å². The second-order valence-corrected chi connectivity index (χ2v) is 10.3. The number of nitrogens with one attached hydrogen (secondary N) is 1. The second-order valence-electron chi connectivity index (χ2n) is 10.3. The van der Waals surface area contributed by atoms with Gasteiger partial charge in [-0.25, -0.2) is 18.7 Å². The van der Waals surface area contributed by atoms with Gasteiger partial charge in [-0.15, -0.1) is 12.4 Å². The fourth-order valence-corrected chi connectivity index (χ4v) is 5.55. The summed E-state index contributed by atoms with van der Waals surface area (Å²) in [5, 5.41) is 3.28. The molecule has 1 atom stereocenters. The smallest absolute Gasteiger partial charge is 0.227 e. The van der Waals surface area contributed by atoms with E-state index in [2.05, 4.69) is 33.2 Å². The SMILES string of the molecule is CN1CCN(CCc2cc(Nc3ncc4c(n3)-c3ccccc3[C@H](c3ccccc3F)C4)ccc2F)CC1.Cl. The molecule has 1 fully saturated rings. The Balaban J connectivity index is 0.00000308. The van der Waals surface area contributed by atoms with Crippen LogP contribution >= 0.6 is 12.4 Å². The minimum Gasteiger partial charge on any atom is -0.324 e. The van der Waals surface area contributed by atoms with Crippen molar-refractivity contribution < 1.29 is 8.78 Å². The van der Waals surface area contributed by atoms with E-state index >= 15 is 0 Å². The van der Waals surface area contributed by atoms with Crippen LogP contribution in [0, 0.1) is 11.6 Å². The van der Waals surface area contributed by atoms with Gasteiger partial charge in [0.05, 0.1) is 5.69 Å². The van der Waals surface area contributed by atoms with Gasteiger partial charge in [0, 0.05) is 56.1 Å². The van der Waals surface area contributed by atoms with Gasteiger partial charge in [0.1, 0.15) is 11.6 Å². The summed E-state index contributed by atoms with van der Waals surface area (Å²) in [4.78, 5) is 14.1. The van der Waals surface area contributed by atoms with Crippen molar-refractivity contribution in [1.29, 1.82) is 0 Å². The molecule has 1 N–H and O–H groups in total. The average molecular weight is 548 g/mol. The molecule has 1 aliphatic heterocycles. The van der Waals surface area contributed by atoms with Gasteiger partial charge >= 0.3 is 0 Å². The van der Waals surface area contributed by atoms with E-state index in [-0.39, 0.29) is 30.0 Å². The van der Waals surface area contributed by atoms with Gasteiger partial charge in [0.25, 0.3) is 0 Å². The first-order valence-corrected chi connectivity index (χ1v) is 13.2. The summed E-state index contributed by atoms with van der Waals surface area (Å²) in [5.74, 6) is -0.0272. The predicted molar refractivity (Wildman–Crippen MR) is 154 cm³/mol. The maximum Gasteiger partial charge on any atom is 0.227 e. The van der Waals surface area contributed by atoms with Crippen molar-refractivity contribution in [1.82, 2.24) is 19.8 Å². The van der Waals surface area contributed by atoms with E-state index in [9.17, 15) is 8.78 Å². The van der Waals surface area contributed by atoms with Crippen LogP contribution in [0.15, 0.2) is 72.9 Å². The van der Waals surface area contributed by atoms with E-state index in [1.54, 1.807) is 12.1 Å². The topological polar surface area (TPSA) is 44.3 Å². The summed E-state index contributed by atoms with van der Waals surface area (Å²) >= 11 is 0. The maximum absolute atomic E-state index is 14.7. The average Bonchev–Trinajstić information content (AvgIpc) is 2.94. The standard InChI is InChI=1S/C31H31F2N5.ClH/c1-37-14-16-38(17-15-37)13-12-21-18-23(10-11-28(21)32)35-31-34-20-22-19-27(25-7-4-5-9-29(25)33)24-6-2-3-8-26(24)30(22)36-31;/h2-11,18,20,27H,12-17,19H2,1H3,(H,34,35,36);1H/t27-;/m1./s1.